The van der Waals surface area contributed by atoms with Gasteiger partial charge in [-0.3, -0.25) is 0 Å². The van der Waals surface area contributed by atoms with Gasteiger partial charge in [0.25, 0.3) is 0 Å². The van der Waals surface area contributed by atoms with Gasteiger partial charge in [0.15, 0.2) is 11.5 Å². The Bertz CT molecular complexity index is 1120. The summed E-state index contributed by atoms with van der Waals surface area (Å²) < 4.78 is 5.64. The number of rotatable bonds is 5. The van der Waals surface area contributed by atoms with Crippen molar-refractivity contribution in [3.05, 3.63) is 71.8 Å². The molecular formula is C22H18N2O2. The van der Waals surface area contributed by atoms with Crippen molar-refractivity contribution < 1.29 is 9.84 Å². The zero-order chi connectivity index (χ0) is 17.9. The summed E-state index contributed by atoms with van der Waals surface area (Å²) >= 11 is 0. The Morgan fingerprint density at radius 1 is 0.962 bits per heavy atom. The number of ether oxygens (including phenoxy) is 1. The molecule has 4 heteroatoms. The monoisotopic (exact) mass is 342 g/mol. The Hall–Kier alpha value is -3.45. The van der Waals surface area contributed by atoms with E-state index in [2.05, 4.69) is 29.3 Å². The van der Waals surface area contributed by atoms with Crippen LogP contribution in [0.1, 0.15) is 17.5 Å². The lowest BCUT2D eigenvalue weighted by atomic mass is 10.0. The normalized spacial score (nSPS) is 10.9. The highest BCUT2D eigenvalue weighted by Crippen LogP contribution is 2.28. The van der Waals surface area contributed by atoms with Crippen molar-refractivity contribution in [2.45, 2.75) is 12.8 Å². The maximum atomic E-state index is 9.71. The summed E-state index contributed by atoms with van der Waals surface area (Å²) in [7, 11) is 0. The number of phenols is 1. The largest absolute Gasteiger partial charge is 0.504 e. The highest BCUT2D eigenvalue weighted by Gasteiger charge is 2.07. The zero-order valence-corrected chi connectivity index (χ0v) is 14.2. The van der Waals surface area contributed by atoms with E-state index in [1.807, 2.05) is 24.3 Å². The van der Waals surface area contributed by atoms with Gasteiger partial charge in [-0.15, -0.1) is 0 Å². The predicted molar refractivity (Wildman–Crippen MR) is 102 cm³/mol. The number of fused-ring (bicyclic) bond motifs is 3. The third kappa shape index (κ3) is 3.07. The van der Waals surface area contributed by atoms with E-state index in [0.29, 0.717) is 17.9 Å². The van der Waals surface area contributed by atoms with E-state index in [1.54, 1.807) is 18.2 Å². The first kappa shape index (κ1) is 16.0. The first-order chi connectivity index (χ1) is 12.7. The molecule has 0 atom stereocenters. The number of aryl methyl sites for hydroxylation is 1. The number of phenolic OH excluding ortho intramolecular Hbond substituents is 1. The van der Waals surface area contributed by atoms with Gasteiger partial charge in [-0.1, -0.05) is 18.2 Å². The number of nitriles is 1. The quantitative estimate of drug-likeness (QED) is 0.506. The molecule has 1 heterocycles. The van der Waals surface area contributed by atoms with Crippen LogP contribution in [0, 0.1) is 11.3 Å². The minimum atomic E-state index is 0.168. The van der Waals surface area contributed by atoms with Gasteiger partial charge >= 0.3 is 0 Å². The first-order valence-corrected chi connectivity index (χ1v) is 8.60. The molecule has 0 aliphatic rings. The molecule has 0 radical (unpaired) electrons. The predicted octanol–water partition coefficient (Wildman–Crippen LogP) is 4.91. The van der Waals surface area contributed by atoms with Crippen LogP contribution in [0.2, 0.25) is 0 Å². The molecule has 3 aromatic carbocycles. The zero-order valence-electron chi connectivity index (χ0n) is 14.2. The Morgan fingerprint density at radius 3 is 2.54 bits per heavy atom. The van der Waals surface area contributed by atoms with Crippen LogP contribution in [-0.2, 0) is 6.42 Å². The van der Waals surface area contributed by atoms with Crippen molar-refractivity contribution in [2.24, 2.45) is 0 Å². The molecule has 128 valence electrons. The van der Waals surface area contributed by atoms with E-state index in [1.165, 1.54) is 5.56 Å². The number of aromatic hydroxyl groups is 1. The van der Waals surface area contributed by atoms with Gasteiger partial charge < -0.3 is 14.8 Å². The molecule has 0 saturated carbocycles. The fourth-order valence-corrected chi connectivity index (χ4v) is 3.21. The first-order valence-electron chi connectivity index (χ1n) is 8.60. The average molecular weight is 342 g/mol. The van der Waals surface area contributed by atoms with Crippen LogP contribution >= 0.6 is 0 Å². The molecule has 0 bridgehead atoms. The number of aromatic nitrogens is 1. The topological polar surface area (TPSA) is 69.0 Å². The molecule has 0 spiro atoms. The number of nitrogens with one attached hydrogen (secondary N) is 1. The van der Waals surface area contributed by atoms with Crippen LogP contribution in [0.4, 0.5) is 0 Å². The Kier molecular flexibility index (Phi) is 4.20. The number of hydrogen-bond donors (Lipinski definition) is 2. The Balaban J connectivity index is 1.49. The molecule has 0 unspecified atom stereocenters. The molecule has 2 N–H and O–H groups in total. The average Bonchev–Trinajstić information content (AvgIpc) is 3.03. The summed E-state index contributed by atoms with van der Waals surface area (Å²) in [6.07, 6.45) is 1.74. The van der Waals surface area contributed by atoms with Crippen LogP contribution in [0.5, 0.6) is 11.5 Å². The molecule has 26 heavy (non-hydrogen) atoms. The van der Waals surface area contributed by atoms with Crippen molar-refractivity contribution in [2.75, 3.05) is 6.61 Å². The van der Waals surface area contributed by atoms with E-state index >= 15 is 0 Å². The summed E-state index contributed by atoms with van der Waals surface area (Å²) in [4.78, 5) is 3.39. The standard InChI is InChI=1S/C22H18N2O2/c23-14-16-8-10-20-18(13-16)17-12-15(7-9-19(17)24-20)4-3-11-26-22-6-2-1-5-21(22)25/h1-2,5-10,12-13,24-25H,3-4,11H2. The number of hydrogen-bond acceptors (Lipinski definition) is 3. The van der Waals surface area contributed by atoms with Gasteiger partial charge in [-0.25, -0.2) is 0 Å². The third-order valence-electron chi connectivity index (χ3n) is 4.52. The van der Waals surface area contributed by atoms with Crippen LogP contribution in [0.25, 0.3) is 21.8 Å². The van der Waals surface area contributed by atoms with E-state index in [-0.39, 0.29) is 5.75 Å². The van der Waals surface area contributed by atoms with E-state index in [0.717, 1.165) is 34.6 Å². The van der Waals surface area contributed by atoms with Gasteiger partial charge in [0, 0.05) is 21.8 Å². The minimum Gasteiger partial charge on any atom is -0.504 e. The second kappa shape index (κ2) is 6.81. The van der Waals surface area contributed by atoms with E-state index in [9.17, 15) is 5.11 Å². The second-order valence-corrected chi connectivity index (χ2v) is 6.30. The SMILES string of the molecule is N#Cc1ccc2[nH]c3ccc(CCCOc4ccccc4O)cc3c2c1. The molecule has 4 aromatic rings. The molecule has 0 fully saturated rings. The molecule has 4 rings (SSSR count). The highest BCUT2D eigenvalue weighted by molar-refractivity contribution is 6.07. The smallest absolute Gasteiger partial charge is 0.160 e. The lowest BCUT2D eigenvalue weighted by Crippen LogP contribution is -1.99. The lowest BCUT2D eigenvalue weighted by molar-refractivity contribution is 0.294. The van der Waals surface area contributed by atoms with Gasteiger partial charge in [-0.2, -0.15) is 5.26 Å². The van der Waals surface area contributed by atoms with E-state index < -0.39 is 0 Å². The van der Waals surface area contributed by atoms with Crippen molar-refractivity contribution in [1.82, 2.24) is 4.98 Å². The summed E-state index contributed by atoms with van der Waals surface area (Å²) in [5.74, 6) is 0.685. The third-order valence-corrected chi connectivity index (χ3v) is 4.52. The summed E-state index contributed by atoms with van der Waals surface area (Å²) in [6.45, 7) is 0.544. The van der Waals surface area contributed by atoms with Crippen molar-refractivity contribution in [1.29, 1.82) is 5.26 Å². The lowest BCUT2D eigenvalue weighted by Gasteiger charge is -2.07. The summed E-state index contributed by atoms with van der Waals surface area (Å²) in [5, 5.41) is 21.1. The number of nitrogens with zero attached hydrogens (tertiary/aromatic N) is 1. The molecule has 0 saturated heterocycles. The van der Waals surface area contributed by atoms with Crippen LogP contribution in [0.3, 0.4) is 0 Å². The van der Waals surface area contributed by atoms with E-state index in [4.69, 9.17) is 10.00 Å². The maximum Gasteiger partial charge on any atom is 0.160 e. The molecule has 0 amide bonds. The van der Waals surface area contributed by atoms with Crippen LogP contribution in [-0.4, -0.2) is 16.7 Å². The molecule has 4 nitrogen and oxygen atoms in total. The van der Waals surface area contributed by atoms with Gasteiger partial charge in [0.1, 0.15) is 0 Å². The van der Waals surface area contributed by atoms with Gasteiger partial charge in [0.05, 0.1) is 18.2 Å². The number of para-hydroxylation sites is 2. The summed E-state index contributed by atoms with van der Waals surface area (Å²) in [6, 6.07) is 21.3. The number of aromatic amines is 1. The minimum absolute atomic E-state index is 0.168. The molecule has 1 aromatic heterocycles. The van der Waals surface area contributed by atoms with Crippen LogP contribution in [0.15, 0.2) is 60.7 Å². The molecular weight excluding hydrogens is 324 g/mol. The van der Waals surface area contributed by atoms with Gasteiger partial charge in [0.2, 0.25) is 0 Å². The highest BCUT2D eigenvalue weighted by atomic mass is 16.5. The number of benzene rings is 3. The van der Waals surface area contributed by atoms with Crippen molar-refractivity contribution in [3.8, 4) is 17.6 Å². The fraction of sp³-hybridized carbons (Fsp3) is 0.136. The molecule has 0 aliphatic carbocycles. The molecule has 0 aliphatic heterocycles. The van der Waals surface area contributed by atoms with Crippen molar-refractivity contribution >= 4 is 21.8 Å². The van der Waals surface area contributed by atoms with Gasteiger partial charge in [-0.05, 0) is 60.9 Å². The number of H-pyrrole nitrogens is 1. The maximum absolute atomic E-state index is 9.71. The van der Waals surface area contributed by atoms with Crippen LogP contribution < -0.4 is 4.74 Å². The second-order valence-electron chi connectivity index (χ2n) is 6.30. The Morgan fingerprint density at radius 2 is 1.73 bits per heavy atom. The van der Waals surface area contributed by atoms with Crippen molar-refractivity contribution in [3.63, 3.8) is 0 Å². The fourth-order valence-electron chi connectivity index (χ4n) is 3.21. The summed E-state index contributed by atoms with van der Waals surface area (Å²) in [5.41, 5.74) is 4.00. The Labute approximate surface area is 151 Å².